The second-order valence-corrected chi connectivity index (χ2v) is 2.65. The average molecular weight is 213 g/mol. The van der Waals surface area contributed by atoms with Crippen LogP contribution in [-0.2, 0) is 4.74 Å². The number of nitrogen functional groups attached to an aromatic ring is 1. The molecule has 15 heavy (non-hydrogen) atoms. The van der Waals surface area contributed by atoms with E-state index in [4.69, 9.17) is 15.2 Å². The smallest absolute Gasteiger partial charge is 0.353 e. The van der Waals surface area contributed by atoms with Gasteiger partial charge in [-0.15, -0.1) is 0 Å². The zero-order valence-corrected chi connectivity index (χ0v) is 8.17. The van der Waals surface area contributed by atoms with Crippen LogP contribution in [-0.4, -0.2) is 30.2 Å². The second-order valence-electron chi connectivity index (χ2n) is 2.65. The lowest BCUT2D eigenvalue weighted by Crippen LogP contribution is -2.08. The molecule has 0 amide bonds. The molecule has 7 heteroatoms. The van der Waals surface area contributed by atoms with Crippen molar-refractivity contribution in [1.29, 1.82) is 0 Å². The Balaban J connectivity index is 2.86. The molecule has 0 spiro atoms. The van der Waals surface area contributed by atoms with Crippen LogP contribution in [0, 0.1) is 10.1 Å². The number of nitrogens with zero attached hydrogens (tertiary/aromatic N) is 2. The van der Waals surface area contributed by atoms with Crippen LogP contribution in [0.1, 0.15) is 0 Å². The van der Waals surface area contributed by atoms with E-state index in [9.17, 15) is 10.1 Å². The maximum absolute atomic E-state index is 10.6. The average Bonchev–Trinajstić information content (AvgIpc) is 2.17. The standard InChI is InChI=1S/C8H11N3O4/c1-14-4-5-15-8-7(11(12)13)6(9)2-3-10-8/h2-3H,4-5H2,1H3,(H2,9,10). The fraction of sp³-hybridized carbons (Fsp3) is 0.375. The van der Waals surface area contributed by atoms with Gasteiger partial charge in [-0.1, -0.05) is 0 Å². The third-order valence-electron chi connectivity index (χ3n) is 1.63. The number of pyridine rings is 1. The molecule has 7 nitrogen and oxygen atoms in total. The van der Waals surface area contributed by atoms with Crippen LogP contribution in [0.2, 0.25) is 0 Å². The molecule has 0 radical (unpaired) electrons. The summed E-state index contributed by atoms with van der Waals surface area (Å²) < 4.78 is 9.80. The van der Waals surface area contributed by atoms with Crippen LogP contribution in [0.25, 0.3) is 0 Å². The fourth-order valence-corrected chi connectivity index (χ4v) is 0.960. The van der Waals surface area contributed by atoms with Crippen LogP contribution in [0.3, 0.4) is 0 Å². The number of aromatic nitrogens is 1. The van der Waals surface area contributed by atoms with Crippen molar-refractivity contribution in [1.82, 2.24) is 4.98 Å². The molecule has 0 unspecified atom stereocenters. The van der Waals surface area contributed by atoms with Crippen molar-refractivity contribution >= 4 is 11.4 Å². The second kappa shape index (κ2) is 5.11. The van der Waals surface area contributed by atoms with Gasteiger partial charge in [0.15, 0.2) is 0 Å². The summed E-state index contributed by atoms with van der Waals surface area (Å²) in [5.41, 5.74) is 5.15. The number of rotatable bonds is 5. The van der Waals surface area contributed by atoms with E-state index in [1.807, 2.05) is 0 Å². The van der Waals surface area contributed by atoms with Crippen molar-refractivity contribution in [2.75, 3.05) is 26.1 Å². The molecule has 0 aliphatic carbocycles. The number of methoxy groups -OCH3 is 1. The van der Waals surface area contributed by atoms with Crippen LogP contribution in [0.15, 0.2) is 12.3 Å². The van der Waals surface area contributed by atoms with Crippen molar-refractivity contribution < 1.29 is 14.4 Å². The minimum Gasteiger partial charge on any atom is -0.470 e. The first-order valence-electron chi connectivity index (χ1n) is 4.17. The zero-order chi connectivity index (χ0) is 11.3. The third kappa shape index (κ3) is 2.78. The summed E-state index contributed by atoms with van der Waals surface area (Å²) in [4.78, 5) is 13.8. The van der Waals surface area contributed by atoms with Gasteiger partial charge in [0.05, 0.1) is 11.5 Å². The summed E-state index contributed by atoms with van der Waals surface area (Å²) in [5.74, 6) is -0.0861. The minimum atomic E-state index is -0.621. The number of ether oxygens (including phenoxy) is 2. The number of nitrogens with two attached hydrogens (primary N) is 1. The van der Waals surface area contributed by atoms with Gasteiger partial charge in [-0.3, -0.25) is 10.1 Å². The molecule has 82 valence electrons. The van der Waals surface area contributed by atoms with Gasteiger partial charge in [-0.05, 0) is 6.07 Å². The number of nitro groups is 1. The Morgan fingerprint density at radius 1 is 1.60 bits per heavy atom. The molecule has 1 rings (SSSR count). The Hall–Kier alpha value is -1.89. The molecular formula is C8H11N3O4. The highest BCUT2D eigenvalue weighted by molar-refractivity contribution is 5.62. The monoisotopic (exact) mass is 213 g/mol. The normalized spacial score (nSPS) is 9.93. The predicted octanol–water partition coefficient (Wildman–Crippen LogP) is 0.597. The summed E-state index contributed by atoms with van der Waals surface area (Å²) >= 11 is 0. The Kier molecular flexibility index (Phi) is 3.81. The first-order valence-corrected chi connectivity index (χ1v) is 4.17. The third-order valence-corrected chi connectivity index (χ3v) is 1.63. The SMILES string of the molecule is COCCOc1nccc(N)c1[N+](=O)[O-]. The maximum atomic E-state index is 10.6. The molecule has 0 saturated heterocycles. The number of anilines is 1. The molecule has 2 N–H and O–H groups in total. The van der Waals surface area contributed by atoms with E-state index in [0.29, 0.717) is 6.61 Å². The van der Waals surface area contributed by atoms with E-state index in [0.717, 1.165) is 0 Å². The van der Waals surface area contributed by atoms with E-state index < -0.39 is 4.92 Å². The van der Waals surface area contributed by atoms with Crippen molar-refractivity contribution in [3.8, 4) is 5.88 Å². The molecule has 0 saturated carbocycles. The molecule has 0 aliphatic heterocycles. The Labute approximate surface area is 86.0 Å². The van der Waals surface area contributed by atoms with E-state index in [2.05, 4.69) is 4.98 Å². The Morgan fingerprint density at radius 3 is 2.93 bits per heavy atom. The highest BCUT2D eigenvalue weighted by Crippen LogP contribution is 2.29. The van der Waals surface area contributed by atoms with Crippen LogP contribution in [0.5, 0.6) is 5.88 Å². The summed E-state index contributed by atoms with van der Waals surface area (Å²) in [6, 6.07) is 1.35. The topological polar surface area (TPSA) is 101 Å². The van der Waals surface area contributed by atoms with Crippen molar-refractivity contribution in [2.45, 2.75) is 0 Å². The van der Waals surface area contributed by atoms with Gasteiger partial charge >= 0.3 is 5.69 Å². The quantitative estimate of drug-likeness (QED) is 0.436. The largest absolute Gasteiger partial charge is 0.470 e. The first kappa shape index (κ1) is 11.2. The molecular weight excluding hydrogens is 202 g/mol. The lowest BCUT2D eigenvalue weighted by molar-refractivity contribution is -0.385. The van der Waals surface area contributed by atoms with Gasteiger partial charge in [-0.2, -0.15) is 0 Å². The highest BCUT2D eigenvalue weighted by Gasteiger charge is 2.20. The molecule has 0 fully saturated rings. The van der Waals surface area contributed by atoms with Crippen LogP contribution >= 0.6 is 0 Å². The fourth-order valence-electron chi connectivity index (χ4n) is 0.960. The van der Waals surface area contributed by atoms with E-state index in [1.54, 1.807) is 0 Å². The van der Waals surface area contributed by atoms with Gasteiger partial charge in [-0.25, -0.2) is 4.98 Å². The predicted molar refractivity (Wildman–Crippen MR) is 52.7 cm³/mol. The van der Waals surface area contributed by atoms with Crippen molar-refractivity contribution in [2.24, 2.45) is 0 Å². The molecule has 0 aromatic carbocycles. The first-order chi connectivity index (χ1) is 7.16. The summed E-state index contributed by atoms with van der Waals surface area (Å²) in [6.07, 6.45) is 1.35. The van der Waals surface area contributed by atoms with E-state index in [-0.39, 0.29) is 23.9 Å². The number of hydrogen-bond acceptors (Lipinski definition) is 6. The van der Waals surface area contributed by atoms with Crippen molar-refractivity contribution in [3.05, 3.63) is 22.4 Å². The maximum Gasteiger partial charge on any atom is 0.353 e. The van der Waals surface area contributed by atoms with Crippen LogP contribution < -0.4 is 10.5 Å². The number of hydrogen-bond donors (Lipinski definition) is 1. The summed E-state index contributed by atoms with van der Waals surface area (Å²) in [5, 5.41) is 10.6. The van der Waals surface area contributed by atoms with E-state index >= 15 is 0 Å². The molecule has 0 aliphatic rings. The molecule has 0 bridgehead atoms. The summed E-state index contributed by atoms with van der Waals surface area (Å²) in [7, 11) is 1.50. The van der Waals surface area contributed by atoms with E-state index in [1.165, 1.54) is 19.4 Å². The van der Waals surface area contributed by atoms with Gasteiger partial charge in [0.1, 0.15) is 12.3 Å². The Morgan fingerprint density at radius 2 is 2.33 bits per heavy atom. The Bertz CT molecular complexity index is 356. The van der Waals surface area contributed by atoms with Gasteiger partial charge < -0.3 is 15.2 Å². The van der Waals surface area contributed by atoms with Gasteiger partial charge in [0.25, 0.3) is 5.88 Å². The zero-order valence-electron chi connectivity index (χ0n) is 8.17. The van der Waals surface area contributed by atoms with Crippen LogP contribution in [0.4, 0.5) is 11.4 Å². The highest BCUT2D eigenvalue weighted by atomic mass is 16.6. The summed E-state index contributed by atoms with van der Waals surface area (Å²) in [6.45, 7) is 0.515. The molecule has 0 atom stereocenters. The lowest BCUT2D eigenvalue weighted by atomic mass is 10.3. The van der Waals surface area contributed by atoms with Gasteiger partial charge in [0, 0.05) is 13.3 Å². The minimum absolute atomic E-state index is 0.0300. The molecule has 1 aromatic heterocycles. The van der Waals surface area contributed by atoms with Gasteiger partial charge in [0.2, 0.25) is 0 Å². The lowest BCUT2D eigenvalue weighted by Gasteiger charge is -2.05. The molecule has 1 heterocycles. The molecule has 1 aromatic rings. The van der Waals surface area contributed by atoms with Crippen molar-refractivity contribution in [3.63, 3.8) is 0 Å².